The minimum atomic E-state index is -1.29. The summed E-state index contributed by atoms with van der Waals surface area (Å²) in [5.41, 5.74) is 3.77. The van der Waals surface area contributed by atoms with Crippen LogP contribution in [0.5, 0.6) is 17.2 Å². The second kappa shape index (κ2) is 12.6. The highest BCUT2D eigenvalue weighted by Crippen LogP contribution is 2.55. The molecule has 0 amide bonds. The number of nitrogens with zero attached hydrogens (tertiary/aromatic N) is 2. The standard InChI is InChI=1S/C36H44N2O5/c1-8-10-20-37(9-2)25-15-16-27-29(22-25)36(43-35(27)39,28-17-18-32(40-5)34(42-7)33(28)41-6)30-23-38(21-19-24(3)4)31-14-12-11-13-26(30)31/h11-18,22-24H,8-10,19-21H2,1-7H3. The first-order chi connectivity index (χ1) is 20.8. The van der Waals surface area contributed by atoms with Crippen molar-refractivity contribution >= 4 is 22.6 Å². The number of anilines is 1. The molecule has 1 atom stereocenters. The topological polar surface area (TPSA) is 62.2 Å². The molecule has 1 aliphatic rings. The van der Waals surface area contributed by atoms with Crippen LogP contribution in [-0.4, -0.2) is 45.0 Å². The molecule has 1 aliphatic heterocycles. The minimum absolute atomic E-state index is 0.367. The van der Waals surface area contributed by atoms with E-state index < -0.39 is 5.60 Å². The Morgan fingerprint density at radius 1 is 0.907 bits per heavy atom. The van der Waals surface area contributed by atoms with Gasteiger partial charge in [-0.2, -0.15) is 0 Å². The SMILES string of the molecule is CCCCN(CC)c1ccc2c(c1)C(c1ccc(OC)c(OC)c1OC)(c1cn(CCC(C)C)c3ccccc13)OC2=O. The second-order valence-electron chi connectivity index (χ2n) is 11.6. The van der Waals surface area contributed by atoms with Crippen molar-refractivity contribution in [3.05, 3.63) is 83.0 Å². The monoisotopic (exact) mass is 584 g/mol. The second-order valence-corrected chi connectivity index (χ2v) is 11.6. The number of aryl methyl sites for hydroxylation is 1. The van der Waals surface area contributed by atoms with E-state index in [4.69, 9.17) is 18.9 Å². The molecule has 0 fully saturated rings. The number of cyclic esters (lactones) is 1. The maximum Gasteiger partial charge on any atom is 0.340 e. The van der Waals surface area contributed by atoms with Gasteiger partial charge in [0.2, 0.25) is 5.75 Å². The summed E-state index contributed by atoms with van der Waals surface area (Å²) in [6.07, 6.45) is 5.37. The molecule has 2 heterocycles. The van der Waals surface area contributed by atoms with Gasteiger partial charge in [0.25, 0.3) is 0 Å². The summed E-state index contributed by atoms with van der Waals surface area (Å²) in [6.45, 7) is 11.5. The van der Waals surface area contributed by atoms with Crippen molar-refractivity contribution < 1.29 is 23.7 Å². The van der Waals surface area contributed by atoms with Gasteiger partial charge in [0.15, 0.2) is 17.1 Å². The van der Waals surface area contributed by atoms with Crippen LogP contribution in [0.15, 0.2) is 60.8 Å². The molecule has 7 heteroatoms. The highest BCUT2D eigenvalue weighted by Gasteiger charge is 2.52. The molecule has 0 saturated carbocycles. The molecule has 0 bridgehead atoms. The van der Waals surface area contributed by atoms with Gasteiger partial charge in [-0.1, -0.05) is 45.4 Å². The number of esters is 1. The minimum Gasteiger partial charge on any atom is -0.493 e. The fraction of sp³-hybridized carbons (Fsp3) is 0.417. The van der Waals surface area contributed by atoms with Crippen molar-refractivity contribution in [1.82, 2.24) is 4.57 Å². The summed E-state index contributed by atoms with van der Waals surface area (Å²) >= 11 is 0. The van der Waals surface area contributed by atoms with E-state index in [2.05, 4.69) is 67.6 Å². The Labute approximate surface area is 255 Å². The maximum atomic E-state index is 13.8. The molecule has 43 heavy (non-hydrogen) atoms. The van der Waals surface area contributed by atoms with Crippen molar-refractivity contribution in [2.75, 3.05) is 39.3 Å². The van der Waals surface area contributed by atoms with E-state index in [-0.39, 0.29) is 5.97 Å². The maximum absolute atomic E-state index is 13.8. The van der Waals surface area contributed by atoms with Crippen molar-refractivity contribution in [3.63, 3.8) is 0 Å². The van der Waals surface area contributed by atoms with E-state index >= 15 is 0 Å². The molecule has 1 aromatic heterocycles. The van der Waals surface area contributed by atoms with E-state index in [1.807, 2.05) is 30.3 Å². The number of unbranched alkanes of at least 4 members (excludes halogenated alkanes) is 1. The number of carbonyl (C=O) groups excluding carboxylic acids is 1. The Balaban J connectivity index is 1.87. The lowest BCUT2D eigenvalue weighted by atomic mass is 9.78. The third kappa shape index (κ3) is 5.19. The Bertz CT molecular complexity index is 1610. The van der Waals surface area contributed by atoms with Gasteiger partial charge < -0.3 is 28.4 Å². The van der Waals surface area contributed by atoms with Crippen LogP contribution in [0.3, 0.4) is 0 Å². The highest BCUT2D eigenvalue weighted by molar-refractivity contribution is 5.99. The van der Waals surface area contributed by atoms with Gasteiger partial charge >= 0.3 is 5.97 Å². The highest BCUT2D eigenvalue weighted by atomic mass is 16.6. The van der Waals surface area contributed by atoms with Crippen LogP contribution in [0.25, 0.3) is 10.9 Å². The molecule has 3 aromatic carbocycles. The van der Waals surface area contributed by atoms with E-state index in [1.54, 1.807) is 21.3 Å². The van der Waals surface area contributed by atoms with Crippen molar-refractivity contribution in [3.8, 4) is 17.2 Å². The summed E-state index contributed by atoms with van der Waals surface area (Å²) in [5, 5.41) is 1.02. The van der Waals surface area contributed by atoms with Gasteiger partial charge in [0.05, 0.1) is 32.5 Å². The quantitative estimate of drug-likeness (QED) is 0.149. The third-order valence-corrected chi connectivity index (χ3v) is 8.58. The van der Waals surface area contributed by atoms with Gasteiger partial charge in [-0.05, 0) is 62.1 Å². The van der Waals surface area contributed by atoms with Crippen molar-refractivity contribution in [2.24, 2.45) is 5.92 Å². The van der Waals surface area contributed by atoms with E-state index in [9.17, 15) is 4.79 Å². The lowest BCUT2D eigenvalue weighted by Gasteiger charge is -2.32. The summed E-state index contributed by atoms with van der Waals surface area (Å²) in [4.78, 5) is 16.2. The van der Waals surface area contributed by atoms with Gasteiger partial charge in [0.1, 0.15) is 0 Å². The Kier molecular flexibility index (Phi) is 8.90. The lowest BCUT2D eigenvalue weighted by molar-refractivity contribution is 0.0247. The molecule has 4 aromatic rings. The zero-order chi connectivity index (χ0) is 30.7. The van der Waals surface area contributed by atoms with Crippen molar-refractivity contribution in [2.45, 2.75) is 59.1 Å². The van der Waals surface area contributed by atoms with Crippen LogP contribution < -0.4 is 19.1 Å². The van der Waals surface area contributed by atoms with E-state index in [0.29, 0.717) is 34.3 Å². The first kappa shape index (κ1) is 30.3. The molecule has 0 radical (unpaired) electrons. The zero-order valence-electron chi connectivity index (χ0n) is 26.5. The van der Waals surface area contributed by atoms with Gasteiger partial charge in [-0.15, -0.1) is 0 Å². The number of para-hydroxylation sites is 1. The number of carbonyl (C=O) groups is 1. The first-order valence-electron chi connectivity index (χ1n) is 15.3. The largest absolute Gasteiger partial charge is 0.493 e. The van der Waals surface area contributed by atoms with Crippen LogP contribution in [-0.2, 0) is 16.9 Å². The number of rotatable bonds is 13. The van der Waals surface area contributed by atoms with Crippen LogP contribution >= 0.6 is 0 Å². The summed E-state index contributed by atoms with van der Waals surface area (Å²) in [7, 11) is 4.80. The Morgan fingerprint density at radius 2 is 1.67 bits per heavy atom. The molecule has 0 aliphatic carbocycles. The zero-order valence-corrected chi connectivity index (χ0v) is 26.5. The molecule has 0 N–H and O–H groups in total. The van der Waals surface area contributed by atoms with Crippen molar-refractivity contribution in [1.29, 1.82) is 0 Å². The van der Waals surface area contributed by atoms with E-state index in [1.165, 1.54) is 0 Å². The Hall–Kier alpha value is -4.13. The number of hydrogen-bond acceptors (Lipinski definition) is 6. The summed E-state index contributed by atoms with van der Waals surface area (Å²) in [5.74, 6) is 1.62. The van der Waals surface area contributed by atoms with Gasteiger partial charge in [-0.25, -0.2) is 4.79 Å². The van der Waals surface area contributed by atoms with E-state index in [0.717, 1.165) is 66.6 Å². The number of ether oxygens (including phenoxy) is 4. The Morgan fingerprint density at radius 3 is 2.35 bits per heavy atom. The first-order valence-corrected chi connectivity index (χ1v) is 15.3. The molecule has 228 valence electrons. The number of methoxy groups -OCH3 is 3. The molecule has 0 saturated heterocycles. The van der Waals surface area contributed by atoms with Crippen LogP contribution in [0, 0.1) is 5.92 Å². The average molecular weight is 585 g/mol. The molecule has 0 spiro atoms. The van der Waals surface area contributed by atoms with Gasteiger partial charge in [-0.3, -0.25) is 0 Å². The molecule has 1 unspecified atom stereocenters. The predicted molar refractivity (Wildman–Crippen MR) is 172 cm³/mol. The fourth-order valence-corrected chi connectivity index (χ4v) is 6.30. The number of hydrogen-bond donors (Lipinski definition) is 0. The number of fused-ring (bicyclic) bond motifs is 2. The predicted octanol–water partition coefficient (Wildman–Crippen LogP) is 7.80. The number of aromatic nitrogens is 1. The smallest absolute Gasteiger partial charge is 0.340 e. The average Bonchev–Trinajstić information content (AvgIpc) is 3.54. The lowest BCUT2D eigenvalue weighted by Crippen LogP contribution is -2.31. The normalized spacial score (nSPS) is 16.0. The molecule has 5 rings (SSSR count). The molecular formula is C36H44N2O5. The molecule has 7 nitrogen and oxygen atoms in total. The fourth-order valence-electron chi connectivity index (χ4n) is 6.30. The summed E-state index contributed by atoms with van der Waals surface area (Å²) in [6, 6.07) is 18.2. The van der Waals surface area contributed by atoms with Gasteiger partial charge in [0, 0.05) is 53.5 Å². The number of benzene rings is 3. The third-order valence-electron chi connectivity index (χ3n) is 8.58. The summed E-state index contributed by atoms with van der Waals surface area (Å²) < 4.78 is 26.5. The van der Waals surface area contributed by atoms with Crippen LogP contribution in [0.2, 0.25) is 0 Å². The van der Waals surface area contributed by atoms with Crippen LogP contribution in [0.4, 0.5) is 5.69 Å². The molecular weight excluding hydrogens is 540 g/mol. The van der Waals surface area contributed by atoms with Crippen LogP contribution in [0.1, 0.15) is 74.0 Å².